The normalized spacial score (nSPS) is 21.0. The predicted octanol–water partition coefficient (Wildman–Crippen LogP) is 3.75. The molecule has 1 aromatic carbocycles. The van der Waals surface area contributed by atoms with Crippen LogP contribution < -0.4 is 5.32 Å². The molecule has 0 radical (unpaired) electrons. The molecule has 0 bridgehead atoms. The molecular formula is C19H28ClN3O. The zero-order valence-electron chi connectivity index (χ0n) is 14.5. The topological polar surface area (TPSA) is 35.6 Å². The van der Waals surface area contributed by atoms with Crippen LogP contribution in [0.4, 0.5) is 4.79 Å². The van der Waals surface area contributed by atoms with Gasteiger partial charge in [-0.2, -0.15) is 0 Å². The molecule has 5 heteroatoms. The second kappa shape index (κ2) is 8.21. The standard InChI is InChI=1S/C19H28ClN3O/c1-15-6-12-23(13-7-15)19(24)21-18-8-10-22(11-9-18)14-16-2-4-17(20)5-3-16/h2-5,15,18H,6-14H2,1H3,(H,21,24). The highest BCUT2D eigenvalue weighted by atomic mass is 35.5. The molecule has 0 unspecified atom stereocenters. The summed E-state index contributed by atoms with van der Waals surface area (Å²) in [6.45, 7) is 7.10. The van der Waals surface area contributed by atoms with Crippen LogP contribution in [0.1, 0.15) is 38.2 Å². The second-order valence-electron chi connectivity index (χ2n) is 7.30. The fraction of sp³-hybridized carbons (Fsp3) is 0.632. The van der Waals surface area contributed by atoms with Crippen molar-refractivity contribution in [1.29, 1.82) is 0 Å². The van der Waals surface area contributed by atoms with Crippen LogP contribution in [-0.4, -0.2) is 48.1 Å². The van der Waals surface area contributed by atoms with Crippen molar-refractivity contribution in [2.45, 2.75) is 45.2 Å². The lowest BCUT2D eigenvalue weighted by atomic mass is 9.99. The number of carbonyl (C=O) groups is 1. The summed E-state index contributed by atoms with van der Waals surface area (Å²) in [5.74, 6) is 0.755. The Hall–Kier alpha value is -1.26. The van der Waals surface area contributed by atoms with Gasteiger partial charge in [0.25, 0.3) is 0 Å². The molecule has 2 amide bonds. The summed E-state index contributed by atoms with van der Waals surface area (Å²) in [4.78, 5) is 16.8. The summed E-state index contributed by atoms with van der Waals surface area (Å²) < 4.78 is 0. The van der Waals surface area contributed by atoms with Crippen LogP contribution in [0.2, 0.25) is 5.02 Å². The zero-order chi connectivity index (χ0) is 16.9. The van der Waals surface area contributed by atoms with E-state index < -0.39 is 0 Å². The highest BCUT2D eigenvalue weighted by molar-refractivity contribution is 6.30. The molecule has 0 aromatic heterocycles. The smallest absolute Gasteiger partial charge is 0.317 e. The Morgan fingerprint density at radius 3 is 2.33 bits per heavy atom. The van der Waals surface area contributed by atoms with E-state index in [1.165, 1.54) is 5.56 Å². The van der Waals surface area contributed by atoms with Gasteiger partial charge in [-0.15, -0.1) is 0 Å². The second-order valence-corrected chi connectivity index (χ2v) is 7.73. The van der Waals surface area contributed by atoms with Crippen molar-refractivity contribution in [3.63, 3.8) is 0 Å². The lowest BCUT2D eigenvalue weighted by molar-refractivity contribution is 0.155. The largest absolute Gasteiger partial charge is 0.335 e. The Labute approximate surface area is 150 Å². The monoisotopic (exact) mass is 349 g/mol. The van der Waals surface area contributed by atoms with Gasteiger partial charge in [0.1, 0.15) is 0 Å². The predicted molar refractivity (Wildman–Crippen MR) is 98.3 cm³/mol. The number of rotatable bonds is 3. The van der Waals surface area contributed by atoms with Gasteiger partial charge in [-0.3, -0.25) is 4.90 Å². The number of hydrogen-bond acceptors (Lipinski definition) is 2. The molecular weight excluding hydrogens is 322 g/mol. The van der Waals surface area contributed by atoms with Crippen molar-refractivity contribution in [1.82, 2.24) is 15.1 Å². The first kappa shape index (κ1) is 17.6. The SMILES string of the molecule is CC1CCN(C(=O)NC2CCN(Cc3ccc(Cl)cc3)CC2)CC1. The maximum absolute atomic E-state index is 12.4. The van der Waals surface area contributed by atoms with Gasteiger partial charge in [0, 0.05) is 43.8 Å². The lowest BCUT2D eigenvalue weighted by Crippen LogP contribution is -2.50. The third kappa shape index (κ3) is 4.87. The average Bonchev–Trinajstić information content (AvgIpc) is 2.59. The van der Waals surface area contributed by atoms with Crippen LogP contribution in [0, 0.1) is 5.92 Å². The van der Waals surface area contributed by atoms with Crippen LogP contribution in [0.5, 0.6) is 0 Å². The van der Waals surface area contributed by atoms with Gasteiger partial charge in [-0.1, -0.05) is 30.7 Å². The van der Waals surface area contributed by atoms with Crippen LogP contribution in [0.25, 0.3) is 0 Å². The molecule has 0 saturated carbocycles. The maximum atomic E-state index is 12.4. The van der Waals surface area contributed by atoms with Gasteiger partial charge in [0.2, 0.25) is 0 Å². The van der Waals surface area contributed by atoms with E-state index in [1.807, 2.05) is 17.0 Å². The molecule has 24 heavy (non-hydrogen) atoms. The van der Waals surface area contributed by atoms with Crippen molar-refractivity contribution in [2.24, 2.45) is 5.92 Å². The van der Waals surface area contributed by atoms with Gasteiger partial charge >= 0.3 is 6.03 Å². The summed E-state index contributed by atoms with van der Waals surface area (Å²) in [6.07, 6.45) is 4.33. The third-order valence-corrected chi connectivity index (χ3v) is 5.56. The van der Waals surface area contributed by atoms with Crippen molar-refractivity contribution >= 4 is 17.6 Å². The lowest BCUT2D eigenvalue weighted by Gasteiger charge is -2.35. The summed E-state index contributed by atoms with van der Waals surface area (Å²) in [5, 5.41) is 4.02. The number of likely N-dealkylation sites (tertiary alicyclic amines) is 2. The minimum Gasteiger partial charge on any atom is -0.335 e. The Kier molecular flexibility index (Phi) is 6.01. The first-order valence-corrected chi connectivity index (χ1v) is 9.50. The van der Waals surface area contributed by atoms with Gasteiger partial charge in [0.15, 0.2) is 0 Å². The minimum absolute atomic E-state index is 0.137. The highest BCUT2D eigenvalue weighted by Gasteiger charge is 2.25. The number of halogens is 1. The number of benzene rings is 1. The molecule has 2 fully saturated rings. The number of piperidine rings is 2. The Morgan fingerprint density at radius 2 is 1.71 bits per heavy atom. The quantitative estimate of drug-likeness (QED) is 0.902. The molecule has 2 aliphatic heterocycles. The molecule has 1 N–H and O–H groups in total. The maximum Gasteiger partial charge on any atom is 0.317 e. The van der Waals surface area contributed by atoms with Crippen LogP contribution in [0.3, 0.4) is 0 Å². The molecule has 0 aliphatic carbocycles. The van der Waals surface area contributed by atoms with E-state index in [-0.39, 0.29) is 6.03 Å². The molecule has 0 atom stereocenters. The summed E-state index contributed by atoms with van der Waals surface area (Å²) in [5.41, 5.74) is 1.30. The third-order valence-electron chi connectivity index (χ3n) is 5.31. The minimum atomic E-state index is 0.137. The van der Waals surface area contributed by atoms with E-state index in [2.05, 4.69) is 29.3 Å². The van der Waals surface area contributed by atoms with Crippen molar-refractivity contribution in [2.75, 3.05) is 26.2 Å². The van der Waals surface area contributed by atoms with E-state index in [0.29, 0.717) is 6.04 Å². The molecule has 2 aliphatic rings. The van der Waals surface area contributed by atoms with Crippen LogP contribution in [-0.2, 0) is 6.54 Å². The first-order valence-electron chi connectivity index (χ1n) is 9.12. The fourth-order valence-electron chi connectivity index (χ4n) is 3.56. The Bertz CT molecular complexity index is 532. The first-order chi connectivity index (χ1) is 11.6. The average molecular weight is 350 g/mol. The van der Waals surface area contributed by atoms with Crippen molar-refractivity contribution < 1.29 is 4.79 Å². The van der Waals surface area contributed by atoms with Gasteiger partial charge in [-0.25, -0.2) is 4.79 Å². The summed E-state index contributed by atoms with van der Waals surface area (Å²) in [7, 11) is 0. The number of nitrogens with one attached hydrogen (secondary N) is 1. The number of nitrogens with zero attached hydrogens (tertiary/aromatic N) is 2. The van der Waals surface area contributed by atoms with Gasteiger partial charge < -0.3 is 10.2 Å². The van der Waals surface area contributed by atoms with E-state index in [9.17, 15) is 4.79 Å². The van der Waals surface area contributed by atoms with Crippen molar-refractivity contribution in [3.05, 3.63) is 34.9 Å². The summed E-state index contributed by atoms with van der Waals surface area (Å²) in [6, 6.07) is 8.53. The van der Waals surface area contributed by atoms with E-state index in [4.69, 9.17) is 11.6 Å². The van der Waals surface area contributed by atoms with Crippen LogP contribution in [0.15, 0.2) is 24.3 Å². The van der Waals surface area contributed by atoms with E-state index >= 15 is 0 Å². The molecule has 3 rings (SSSR count). The van der Waals surface area contributed by atoms with Gasteiger partial charge in [-0.05, 0) is 49.3 Å². The van der Waals surface area contributed by atoms with E-state index in [1.54, 1.807) is 0 Å². The van der Waals surface area contributed by atoms with Crippen molar-refractivity contribution in [3.8, 4) is 0 Å². The molecule has 132 valence electrons. The molecule has 1 aromatic rings. The van der Waals surface area contributed by atoms with Crippen LogP contribution >= 0.6 is 11.6 Å². The Morgan fingerprint density at radius 1 is 1.08 bits per heavy atom. The molecule has 2 heterocycles. The van der Waals surface area contributed by atoms with Gasteiger partial charge in [0.05, 0.1) is 0 Å². The number of carbonyl (C=O) groups excluding carboxylic acids is 1. The number of hydrogen-bond donors (Lipinski definition) is 1. The Balaban J connectivity index is 1.40. The molecule has 2 saturated heterocycles. The molecule has 4 nitrogen and oxygen atoms in total. The number of urea groups is 1. The number of amides is 2. The summed E-state index contributed by atoms with van der Waals surface area (Å²) >= 11 is 5.94. The fourth-order valence-corrected chi connectivity index (χ4v) is 3.69. The zero-order valence-corrected chi connectivity index (χ0v) is 15.3. The highest BCUT2D eigenvalue weighted by Crippen LogP contribution is 2.18. The molecule has 0 spiro atoms. The van der Waals surface area contributed by atoms with E-state index in [0.717, 1.165) is 69.3 Å².